The van der Waals surface area contributed by atoms with Crippen LogP contribution in [0.1, 0.15) is 26.7 Å². The van der Waals surface area contributed by atoms with Gasteiger partial charge in [-0.2, -0.15) is 0 Å². The summed E-state index contributed by atoms with van der Waals surface area (Å²) in [6.45, 7) is 4.54. The molecule has 0 spiro atoms. The highest BCUT2D eigenvalue weighted by Crippen LogP contribution is 2.29. The molecule has 0 aromatic carbocycles. The van der Waals surface area contributed by atoms with Crippen LogP contribution in [-0.2, 0) is 9.53 Å². The van der Waals surface area contributed by atoms with Crippen molar-refractivity contribution in [3.8, 4) is 0 Å². The monoisotopic (exact) mass is 393 g/mol. The van der Waals surface area contributed by atoms with Crippen LogP contribution < -0.4 is 10.2 Å². The van der Waals surface area contributed by atoms with Gasteiger partial charge in [0.05, 0.1) is 25.7 Å². The molecule has 26 heavy (non-hydrogen) atoms. The van der Waals surface area contributed by atoms with Gasteiger partial charge in [-0.25, -0.2) is 0 Å². The Bertz CT molecular complexity index is 480. The van der Waals surface area contributed by atoms with Gasteiger partial charge in [-0.05, 0) is 19.6 Å². The molecule has 2 fully saturated rings. The molecule has 2 saturated heterocycles. The van der Waals surface area contributed by atoms with Crippen LogP contribution in [0.2, 0.25) is 0 Å². The van der Waals surface area contributed by atoms with Crippen molar-refractivity contribution >= 4 is 17.7 Å². The maximum atomic E-state index is 12.8. The van der Waals surface area contributed by atoms with Gasteiger partial charge in [0.25, 0.3) is 5.91 Å². The molecule has 1 amide bonds. The molecule has 8 nitrogen and oxygen atoms in total. The van der Waals surface area contributed by atoms with E-state index in [0.717, 1.165) is 24.3 Å². The summed E-state index contributed by atoms with van der Waals surface area (Å²) in [4.78, 5) is 13.9. The molecule has 2 rings (SSSR count). The van der Waals surface area contributed by atoms with E-state index in [0.29, 0.717) is 5.92 Å². The molecule has 152 valence electrons. The highest BCUT2D eigenvalue weighted by atomic mass is 32.2. The smallest absolute Gasteiger partial charge is 0.278 e. The number of hydrogen-bond donors (Lipinski definition) is 6. The van der Waals surface area contributed by atoms with Gasteiger partial charge < -0.3 is 35.4 Å². The first-order chi connectivity index (χ1) is 12.2. The fourth-order valence-corrected chi connectivity index (χ4v) is 4.64. The Kier molecular flexibility index (Phi) is 7.73. The molecule has 1 unspecified atom stereocenters. The van der Waals surface area contributed by atoms with Gasteiger partial charge >= 0.3 is 0 Å². The topological polar surface area (TPSA) is 124 Å². The summed E-state index contributed by atoms with van der Waals surface area (Å²) in [6.07, 6.45) is -2.55. The molecular formula is C17H33N2O6S+. The fourth-order valence-electron chi connectivity index (χ4n) is 3.96. The molecular weight excluding hydrogens is 360 g/mol. The van der Waals surface area contributed by atoms with Crippen molar-refractivity contribution in [2.75, 3.05) is 19.8 Å². The zero-order chi connectivity index (χ0) is 19.6. The van der Waals surface area contributed by atoms with E-state index < -0.39 is 42.0 Å². The zero-order valence-electron chi connectivity index (χ0n) is 15.8. The van der Waals surface area contributed by atoms with E-state index in [1.165, 1.54) is 18.7 Å². The summed E-state index contributed by atoms with van der Waals surface area (Å²) in [6, 6.07) is -1.10. The van der Waals surface area contributed by atoms with Gasteiger partial charge in [0, 0.05) is 12.3 Å². The van der Waals surface area contributed by atoms with Crippen molar-refractivity contribution in [2.24, 2.45) is 5.92 Å². The molecule has 0 radical (unpaired) electrons. The molecule has 2 aliphatic heterocycles. The number of thioether (sulfide) groups is 1. The Morgan fingerprint density at radius 2 is 1.96 bits per heavy atom. The van der Waals surface area contributed by atoms with Crippen LogP contribution in [0.3, 0.4) is 0 Å². The van der Waals surface area contributed by atoms with Crippen molar-refractivity contribution in [1.82, 2.24) is 5.32 Å². The summed E-state index contributed by atoms with van der Waals surface area (Å²) < 4.78 is 5.71. The van der Waals surface area contributed by atoms with E-state index in [2.05, 4.69) is 12.2 Å². The van der Waals surface area contributed by atoms with Crippen molar-refractivity contribution in [2.45, 2.75) is 74.7 Å². The first kappa shape index (κ1) is 21.9. The van der Waals surface area contributed by atoms with Crippen molar-refractivity contribution in [1.29, 1.82) is 0 Å². The molecule has 0 saturated carbocycles. The standard InChI is InChI=1S/C17H32N2O6S/c1-5-9-6-10(19(3)7-9)16(24)18-11(8(2)20)15-13(22)12(21)14(23)17(25-15)26-4/h8-15,17,20-23H,5-7H2,1-4H3,(H,18,24)/p+1/t8-,9-,10+,11-,12+,13-,14-,15-,17-/m1/s1. The molecule has 9 heteroatoms. The normalized spacial score (nSPS) is 43.1. The maximum Gasteiger partial charge on any atom is 0.278 e. The minimum Gasteiger partial charge on any atom is -0.391 e. The minimum atomic E-state index is -1.41. The summed E-state index contributed by atoms with van der Waals surface area (Å²) in [5, 5.41) is 43.4. The largest absolute Gasteiger partial charge is 0.391 e. The van der Waals surface area contributed by atoms with Crippen LogP contribution in [0.25, 0.3) is 0 Å². The quantitative estimate of drug-likeness (QED) is 0.291. The van der Waals surface area contributed by atoms with Crippen molar-refractivity contribution in [3.05, 3.63) is 0 Å². The van der Waals surface area contributed by atoms with Gasteiger partial charge in [0.2, 0.25) is 0 Å². The number of likely N-dealkylation sites (tertiary alicyclic amines) is 1. The highest BCUT2D eigenvalue weighted by molar-refractivity contribution is 7.99. The number of ether oxygens (including phenoxy) is 1. The second kappa shape index (κ2) is 9.18. The van der Waals surface area contributed by atoms with Crippen LogP contribution in [-0.4, -0.2) is 94.2 Å². The number of aliphatic hydroxyl groups is 4. The van der Waals surface area contributed by atoms with E-state index >= 15 is 0 Å². The molecule has 0 aromatic heterocycles. The number of nitrogens with one attached hydrogen (secondary N) is 2. The average Bonchev–Trinajstić information content (AvgIpc) is 2.99. The molecule has 10 atom stereocenters. The van der Waals surface area contributed by atoms with Gasteiger partial charge in [-0.1, -0.05) is 6.92 Å². The molecule has 2 heterocycles. The highest BCUT2D eigenvalue weighted by Gasteiger charge is 2.49. The van der Waals surface area contributed by atoms with Gasteiger partial charge in [0.1, 0.15) is 29.9 Å². The van der Waals surface area contributed by atoms with Crippen LogP contribution in [0, 0.1) is 5.92 Å². The third-order valence-electron chi connectivity index (χ3n) is 5.69. The number of amides is 1. The summed E-state index contributed by atoms with van der Waals surface area (Å²) in [5.74, 6) is 0.298. The Labute approximate surface area is 158 Å². The second-order valence-electron chi connectivity index (χ2n) is 7.56. The van der Waals surface area contributed by atoms with Gasteiger partial charge in [-0.15, -0.1) is 11.8 Å². The van der Waals surface area contributed by atoms with Crippen LogP contribution in [0.5, 0.6) is 0 Å². The number of aliphatic hydroxyl groups excluding tert-OH is 4. The Morgan fingerprint density at radius 3 is 2.46 bits per heavy atom. The number of rotatable bonds is 6. The zero-order valence-corrected chi connectivity index (χ0v) is 16.6. The van der Waals surface area contributed by atoms with E-state index in [9.17, 15) is 25.2 Å². The Morgan fingerprint density at radius 1 is 1.31 bits per heavy atom. The lowest BCUT2D eigenvalue weighted by Gasteiger charge is -2.44. The first-order valence-corrected chi connectivity index (χ1v) is 10.5. The van der Waals surface area contributed by atoms with E-state index in [1.54, 1.807) is 6.26 Å². The predicted molar refractivity (Wildman–Crippen MR) is 97.7 cm³/mol. The Hall–Kier alpha value is -0.420. The summed E-state index contributed by atoms with van der Waals surface area (Å²) >= 11 is 1.20. The molecule has 0 aliphatic carbocycles. The van der Waals surface area contributed by atoms with E-state index in [1.807, 2.05) is 7.05 Å². The number of hydrogen-bond acceptors (Lipinski definition) is 7. The lowest BCUT2D eigenvalue weighted by Crippen LogP contribution is -3.12. The number of likely N-dealkylation sites (N-methyl/N-ethyl adjacent to an activating group) is 1. The summed E-state index contributed by atoms with van der Waals surface area (Å²) in [5.41, 5.74) is -0.749. The average molecular weight is 394 g/mol. The molecule has 0 aromatic rings. The van der Waals surface area contributed by atoms with Crippen LogP contribution in [0.4, 0.5) is 0 Å². The van der Waals surface area contributed by atoms with Crippen molar-refractivity contribution < 1.29 is 34.9 Å². The number of carbonyl (C=O) groups is 1. The SMILES string of the molecule is CC[C@@H]1C[C@@H](C(=O)N[C@@H]([C@H]2O[C@H](SC)[C@H](O)[C@@H](O)[C@H]2O)[C@@H](C)O)[NH+](C)C1. The van der Waals surface area contributed by atoms with Crippen LogP contribution >= 0.6 is 11.8 Å². The Balaban J connectivity index is 2.11. The predicted octanol–water partition coefficient (Wildman–Crippen LogP) is -2.66. The number of carbonyl (C=O) groups excluding carboxylic acids is 1. The van der Waals surface area contributed by atoms with E-state index in [4.69, 9.17) is 4.74 Å². The second-order valence-corrected chi connectivity index (χ2v) is 8.50. The lowest BCUT2D eigenvalue weighted by molar-refractivity contribution is -0.884. The first-order valence-electron chi connectivity index (χ1n) is 9.24. The van der Waals surface area contributed by atoms with E-state index in [-0.39, 0.29) is 11.9 Å². The third-order valence-corrected chi connectivity index (χ3v) is 6.54. The fraction of sp³-hybridized carbons (Fsp3) is 0.941. The van der Waals surface area contributed by atoms with Gasteiger partial charge in [-0.3, -0.25) is 4.79 Å². The van der Waals surface area contributed by atoms with Gasteiger partial charge in [0.15, 0.2) is 6.04 Å². The van der Waals surface area contributed by atoms with Crippen LogP contribution in [0.15, 0.2) is 0 Å². The maximum absolute atomic E-state index is 12.8. The summed E-state index contributed by atoms with van der Waals surface area (Å²) in [7, 11) is 1.98. The van der Waals surface area contributed by atoms with Crippen molar-refractivity contribution in [3.63, 3.8) is 0 Å². The lowest BCUT2D eigenvalue weighted by atomic mass is 9.92. The minimum absolute atomic E-state index is 0.193. The third kappa shape index (κ3) is 4.52. The number of quaternary nitrogens is 1. The molecule has 6 N–H and O–H groups in total. The molecule has 2 aliphatic rings. The molecule has 0 bridgehead atoms.